The van der Waals surface area contributed by atoms with E-state index in [0.29, 0.717) is 0 Å². The maximum atomic E-state index is 12.5. The summed E-state index contributed by atoms with van der Waals surface area (Å²) >= 11 is 5.67. The molecule has 0 saturated carbocycles. The van der Waals surface area contributed by atoms with E-state index < -0.39 is 28.0 Å². The number of aromatic nitrogens is 1. The zero-order valence-corrected chi connectivity index (χ0v) is 12.4. The number of rotatable bonds is 5. The van der Waals surface area contributed by atoms with Crippen LogP contribution < -0.4 is 0 Å². The molecule has 1 amide bonds. The first-order valence-electron chi connectivity index (χ1n) is 5.98. The number of carboxylic acids is 1. The predicted molar refractivity (Wildman–Crippen MR) is 74.3 cm³/mol. The smallest absolute Gasteiger partial charge is 0.329 e. The molecule has 0 bridgehead atoms. The van der Waals surface area contributed by atoms with Crippen molar-refractivity contribution in [1.82, 2.24) is 9.88 Å². The molecule has 0 aliphatic heterocycles. The van der Waals surface area contributed by atoms with Crippen molar-refractivity contribution in [3.05, 3.63) is 33.1 Å². The van der Waals surface area contributed by atoms with Crippen LogP contribution in [0.4, 0.5) is 5.69 Å². The van der Waals surface area contributed by atoms with Crippen LogP contribution in [0.1, 0.15) is 31.1 Å². The number of aliphatic carboxylic acids is 1. The minimum Gasteiger partial charge on any atom is -0.480 e. The number of likely N-dealkylation sites (N-methyl/N-ethyl adjacent to an activating group) is 1. The minimum absolute atomic E-state index is 0.0647. The molecule has 9 heteroatoms. The van der Waals surface area contributed by atoms with E-state index in [1.807, 2.05) is 0 Å². The van der Waals surface area contributed by atoms with E-state index in [1.165, 1.54) is 13.8 Å². The van der Waals surface area contributed by atoms with Gasteiger partial charge in [-0.15, -0.1) is 0 Å². The highest BCUT2D eigenvalue weighted by molar-refractivity contribution is 6.29. The number of nitrogens with zero attached hydrogens (tertiary/aromatic N) is 3. The van der Waals surface area contributed by atoms with Gasteiger partial charge in [-0.2, -0.15) is 0 Å². The molecule has 1 N–H and O–H groups in total. The monoisotopic (exact) mass is 315 g/mol. The summed E-state index contributed by atoms with van der Waals surface area (Å²) in [5.41, 5.74) is -2.34. The lowest BCUT2D eigenvalue weighted by Gasteiger charge is -2.34. The Balaban J connectivity index is 3.39. The molecule has 0 radical (unpaired) electrons. The summed E-state index contributed by atoms with van der Waals surface area (Å²) in [6, 6.07) is 1.06. The van der Waals surface area contributed by atoms with E-state index in [9.17, 15) is 24.8 Å². The molecule has 0 aliphatic carbocycles. The zero-order chi connectivity index (χ0) is 16.4. The number of amides is 1. The van der Waals surface area contributed by atoms with Crippen LogP contribution in [0, 0.1) is 10.1 Å². The first kappa shape index (κ1) is 16.8. The van der Waals surface area contributed by atoms with Crippen molar-refractivity contribution < 1.29 is 19.6 Å². The van der Waals surface area contributed by atoms with Crippen molar-refractivity contribution >= 4 is 29.2 Å². The summed E-state index contributed by atoms with van der Waals surface area (Å²) in [5, 5.41) is 20.1. The highest BCUT2D eigenvalue weighted by Gasteiger charge is 2.39. The van der Waals surface area contributed by atoms with Gasteiger partial charge in [0.05, 0.1) is 4.92 Å². The van der Waals surface area contributed by atoms with Crippen molar-refractivity contribution in [2.24, 2.45) is 0 Å². The standard InChI is InChI=1S/C12H14ClN3O5/c1-4-15(12(2,3)11(18)19)10(17)7-5-9(13)14-6-8(7)16(20)21/h5-6H,4H2,1-3H3,(H,18,19). The highest BCUT2D eigenvalue weighted by atomic mass is 35.5. The maximum Gasteiger partial charge on any atom is 0.329 e. The number of nitro groups is 1. The van der Waals surface area contributed by atoms with Gasteiger partial charge in [0.25, 0.3) is 11.6 Å². The molecule has 0 fully saturated rings. The van der Waals surface area contributed by atoms with Crippen molar-refractivity contribution in [2.75, 3.05) is 6.54 Å². The van der Waals surface area contributed by atoms with Crippen LogP contribution in [-0.4, -0.2) is 43.9 Å². The van der Waals surface area contributed by atoms with Gasteiger partial charge in [0.1, 0.15) is 22.5 Å². The Morgan fingerprint density at radius 3 is 2.52 bits per heavy atom. The Labute approximate surface area is 125 Å². The topological polar surface area (TPSA) is 114 Å². The van der Waals surface area contributed by atoms with Gasteiger partial charge in [-0.1, -0.05) is 11.6 Å². The molecule has 8 nitrogen and oxygen atoms in total. The quantitative estimate of drug-likeness (QED) is 0.505. The second kappa shape index (κ2) is 6.04. The fourth-order valence-corrected chi connectivity index (χ4v) is 1.95. The Kier molecular flexibility index (Phi) is 4.84. The summed E-state index contributed by atoms with van der Waals surface area (Å²) < 4.78 is 0. The van der Waals surface area contributed by atoms with Crippen LogP contribution in [0.5, 0.6) is 0 Å². The number of hydrogen-bond acceptors (Lipinski definition) is 5. The molecule has 0 saturated heterocycles. The molecule has 0 aromatic carbocycles. The second-order valence-corrected chi connectivity index (χ2v) is 5.08. The molecule has 1 aromatic rings. The number of pyridine rings is 1. The van der Waals surface area contributed by atoms with Crippen molar-refractivity contribution in [3.63, 3.8) is 0 Å². The summed E-state index contributed by atoms with van der Waals surface area (Å²) in [7, 11) is 0. The maximum absolute atomic E-state index is 12.5. The molecule has 1 aromatic heterocycles. The van der Waals surface area contributed by atoms with Crippen LogP contribution in [0.2, 0.25) is 5.15 Å². The average Bonchev–Trinajstić information content (AvgIpc) is 2.38. The number of halogens is 1. The lowest BCUT2D eigenvalue weighted by molar-refractivity contribution is -0.385. The summed E-state index contributed by atoms with van der Waals surface area (Å²) in [4.78, 5) is 38.5. The van der Waals surface area contributed by atoms with Gasteiger partial charge < -0.3 is 10.0 Å². The first-order valence-corrected chi connectivity index (χ1v) is 6.36. The molecule has 1 rings (SSSR count). The fraction of sp³-hybridized carbons (Fsp3) is 0.417. The van der Waals surface area contributed by atoms with Gasteiger partial charge in [0.2, 0.25) is 0 Å². The lowest BCUT2D eigenvalue weighted by atomic mass is 10.0. The first-order chi connectivity index (χ1) is 9.62. The van der Waals surface area contributed by atoms with Crippen LogP contribution in [0.15, 0.2) is 12.3 Å². The van der Waals surface area contributed by atoms with E-state index in [1.54, 1.807) is 6.92 Å². The minimum atomic E-state index is -1.52. The molecule has 114 valence electrons. The number of carbonyl (C=O) groups excluding carboxylic acids is 1. The fourth-order valence-electron chi connectivity index (χ4n) is 1.79. The largest absolute Gasteiger partial charge is 0.480 e. The third kappa shape index (κ3) is 3.27. The van der Waals surface area contributed by atoms with Gasteiger partial charge in [0, 0.05) is 6.54 Å². The Bertz CT molecular complexity index is 603. The van der Waals surface area contributed by atoms with Gasteiger partial charge in [-0.25, -0.2) is 9.78 Å². The van der Waals surface area contributed by atoms with E-state index >= 15 is 0 Å². The van der Waals surface area contributed by atoms with E-state index in [0.717, 1.165) is 17.2 Å². The Morgan fingerprint density at radius 2 is 2.10 bits per heavy atom. The third-order valence-corrected chi connectivity index (χ3v) is 3.24. The Hall–Kier alpha value is -2.22. The average molecular weight is 316 g/mol. The highest BCUT2D eigenvalue weighted by Crippen LogP contribution is 2.25. The lowest BCUT2D eigenvalue weighted by Crippen LogP contribution is -2.53. The summed E-state index contributed by atoms with van der Waals surface area (Å²) in [6.07, 6.45) is 0.872. The van der Waals surface area contributed by atoms with Crippen LogP contribution >= 0.6 is 11.6 Å². The molecule has 0 spiro atoms. The number of carboxylic acid groups (broad SMARTS) is 1. The molecule has 1 heterocycles. The van der Waals surface area contributed by atoms with Crippen LogP contribution in [0.3, 0.4) is 0 Å². The van der Waals surface area contributed by atoms with Gasteiger partial charge in [-0.3, -0.25) is 14.9 Å². The molecular formula is C12H14ClN3O5. The SMILES string of the molecule is CCN(C(=O)c1cc(Cl)ncc1[N+](=O)[O-])C(C)(C)C(=O)O. The van der Waals surface area contributed by atoms with Crippen molar-refractivity contribution in [1.29, 1.82) is 0 Å². The molecule has 0 unspecified atom stereocenters. The second-order valence-electron chi connectivity index (χ2n) is 4.69. The predicted octanol–water partition coefficient (Wildman–Crippen LogP) is 1.97. The molecule has 21 heavy (non-hydrogen) atoms. The van der Waals surface area contributed by atoms with Gasteiger partial charge in [0.15, 0.2) is 0 Å². The Morgan fingerprint density at radius 1 is 1.52 bits per heavy atom. The van der Waals surface area contributed by atoms with Gasteiger partial charge >= 0.3 is 5.97 Å². The van der Waals surface area contributed by atoms with Crippen LogP contribution in [0.25, 0.3) is 0 Å². The van der Waals surface area contributed by atoms with Gasteiger partial charge in [-0.05, 0) is 26.8 Å². The molecule has 0 atom stereocenters. The van der Waals surface area contributed by atoms with Crippen LogP contribution in [-0.2, 0) is 4.79 Å². The van der Waals surface area contributed by atoms with E-state index in [4.69, 9.17) is 11.6 Å². The number of hydrogen-bond donors (Lipinski definition) is 1. The van der Waals surface area contributed by atoms with Crippen molar-refractivity contribution in [3.8, 4) is 0 Å². The van der Waals surface area contributed by atoms with E-state index in [-0.39, 0.29) is 17.3 Å². The summed E-state index contributed by atoms with van der Waals surface area (Å²) in [5.74, 6) is -2.01. The third-order valence-electron chi connectivity index (χ3n) is 3.04. The normalized spacial score (nSPS) is 11.0. The van der Waals surface area contributed by atoms with Crippen molar-refractivity contribution in [2.45, 2.75) is 26.3 Å². The number of carbonyl (C=O) groups is 2. The van der Waals surface area contributed by atoms with E-state index in [2.05, 4.69) is 4.98 Å². The molecule has 0 aliphatic rings. The zero-order valence-electron chi connectivity index (χ0n) is 11.7. The molecular weight excluding hydrogens is 302 g/mol. The summed E-state index contributed by atoms with van der Waals surface area (Å²) in [6.45, 7) is 4.32.